The number of fused-ring (bicyclic) bond motifs is 1. The van der Waals surface area contributed by atoms with E-state index in [2.05, 4.69) is 20.9 Å². The Bertz CT molecular complexity index is 1340. The molecule has 9 N–H and O–H groups in total. The van der Waals surface area contributed by atoms with Gasteiger partial charge in [0.2, 0.25) is 23.6 Å². The number of carboxylic acid groups (broad SMARTS) is 1. The van der Waals surface area contributed by atoms with E-state index in [1.807, 2.05) is 24.3 Å². The highest BCUT2D eigenvalue weighted by Gasteiger charge is 2.31. The summed E-state index contributed by atoms with van der Waals surface area (Å²) >= 11 is 0. The van der Waals surface area contributed by atoms with Crippen LogP contribution in [0.15, 0.2) is 60.8 Å². The summed E-state index contributed by atoms with van der Waals surface area (Å²) in [5, 5.41) is 18.1. The number of para-hydroxylation sites is 1. The quantitative estimate of drug-likeness (QED) is 0.155. The summed E-state index contributed by atoms with van der Waals surface area (Å²) in [6.07, 6.45) is 1.17. The summed E-state index contributed by atoms with van der Waals surface area (Å²) in [6, 6.07) is 11.3. The molecule has 3 aromatic rings. The number of primary amides is 1. The number of amides is 4. The highest BCUT2D eigenvalue weighted by atomic mass is 16.4. The van der Waals surface area contributed by atoms with Crippen LogP contribution in [0.1, 0.15) is 24.5 Å². The van der Waals surface area contributed by atoms with E-state index in [0.29, 0.717) is 11.1 Å². The lowest BCUT2D eigenvalue weighted by molar-refractivity contribution is -0.142. The molecule has 0 saturated carbocycles. The van der Waals surface area contributed by atoms with Gasteiger partial charge in [0.15, 0.2) is 0 Å². The summed E-state index contributed by atoms with van der Waals surface area (Å²) in [6.45, 7) is 1.40. The highest BCUT2D eigenvalue weighted by molar-refractivity contribution is 5.96. The van der Waals surface area contributed by atoms with Gasteiger partial charge in [0.1, 0.15) is 18.1 Å². The first-order chi connectivity index (χ1) is 18.5. The molecule has 0 saturated heterocycles. The van der Waals surface area contributed by atoms with Gasteiger partial charge in [0, 0.05) is 29.9 Å². The van der Waals surface area contributed by atoms with Gasteiger partial charge in [-0.1, -0.05) is 48.5 Å². The Morgan fingerprint density at radius 2 is 1.41 bits per heavy atom. The molecule has 4 amide bonds. The second kappa shape index (κ2) is 13.2. The van der Waals surface area contributed by atoms with Crippen LogP contribution in [0.5, 0.6) is 0 Å². The molecule has 0 radical (unpaired) electrons. The fraction of sp³-hybridized carbons (Fsp3) is 0.296. The van der Waals surface area contributed by atoms with Crippen molar-refractivity contribution in [3.05, 3.63) is 71.9 Å². The van der Waals surface area contributed by atoms with Gasteiger partial charge in [0.05, 0.1) is 12.5 Å². The van der Waals surface area contributed by atoms with Crippen molar-refractivity contribution in [2.45, 2.75) is 50.4 Å². The van der Waals surface area contributed by atoms with Crippen molar-refractivity contribution in [2.75, 3.05) is 0 Å². The van der Waals surface area contributed by atoms with Gasteiger partial charge in [0.25, 0.3) is 0 Å². The highest BCUT2D eigenvalue weighted by Crippen LogP contribution is 2.19. The number of hydrogen-bond donors (Lipinski definition) is 7. The lowest BCUT2D eigenvalue weighted by atomic mass is 10.0. The molecule has 1 heterocycles. The molecule has 2 aromatic carbocycles. The smallest absolute Gasteiger partial charge is 0.326 e. The van der Waals surface area contributed by atoms with Crippen molar-refractivity contribution < 1.29 is 29.1 Å². The number of aromatic amines is 1. The molecule has 0 spiro atoms. The number of nitrogens with one attached hydrogen (secondary N) is 4. The zero-order valence-electron chi connectivity index (χ0n) is 21.3. The van der Waals surface area contributed by atoms with Crippen LogP contribution in [-0.4, -0.2) is 63.9 Å². The molecule has 1 aromatic heterocycles. The molecular weight excluding hydrogens is 504 g/mol. The topological polar surface area (TPSA) is 209 Å². The van der Waals surface area contributed by atoms with E-state index >= 15 is 0 Å². The van der Waals surface area contributed by atoms with Crippen molar-refractivity contribution in [1.29, 1.82) is 0 Å². The molecule has 4 atom stereocenters. The molecule has 39 heavy (non-hydrogen) atoms. The number of nitrogens with two attached hydrogens (primary N) is 2. The van der Waals surface area contributed by atoms with E-state index in [1.54, 1.807) is 36.5 Å². The third-order valence-electron chi connectivity index (χ3n) is 6.08. The molecule has 206 valence electrons. The Balaban J connectivity index is 1.82. The van der Waals surface area contributed by atoms with Crippen LogP contribution in [-0.2, 0) is 36.8 Å². The van der Waals surface area contributed by atoms with Crippen LogP contribution in [0.25, 0.3) is 10.9 Å². The zero-order valence-corrected chi connectivity index (χ0v) is 21.3. The number of carboxylic acids is 1. The molecular formula is C27H32N6O6. The number of carbonyl (C=O) groups is 5. The van der Waals surface area contributed by atoms with E-state index in [0.717, 1.165) is 10.9 Å². The summed E-state index contributed by atoms with van der Waals surface area (Å²) in [7, 11) is 0. The number of hydrogen-bond acceptors (Lipinski definition) is 6. The van der Waals surface area contributed by atoms with Crippen LogP contribution < -0.4 is 27.4 Å². The number of aromatic nitrogens is 1. The minimum atomic E-state index is -1.38. The standard InChI is InChI=1S/C27H32N6O6/c1-15(28)24(35)31-21(13-23(29)34)26(37)32-20(11-16-7-3-2-4-8-16)25(36)33-22(27(38)39)12-17-14-30-19-10-6-5-9-18(17)19/h2-10,14-15,20-22,30H,11-13,28H2,1H3,(H2,29,34)(H,31,35)(H,32,37)(H,33,36)(H,38,39). The molecule has 3 rings (SSSR count). The molecule has 4 unspecified atom stereocenters. The average molecular weight is 537 g/mol. The molecule has 12 nitrogen and oxygen atoms in total. The number of H-pyrrole nitrogens is 1. The van der Waals surface area contributed by atoms with Crippen LogP contribution in [0, 0.1) is 0 Å². The van der Waals surface area contributed by atoms with Crippen molar-refractivity contribution in [3.8, 4) is 0 Å². The van der Waals surface area contributed by atoms with Crippen LogP contribution in [0.3, 0.4) is 0 Å². The maximum Gasteiger partial charge on any atom is 0.326 e. The molecule has 0 aliphatic heterocycles. The first-order valence-corrected chi connectivity index (χ1v) is 12.3. The minimum absolute atomic E-state index is 0.00810. The number of rotatable bonds is 13. The minimum Gasteiger partial charge on any atom is -0.480 e. The first kappa shape index (κ1) is 28.9. The van der Waals surface area contributed by atoms with E-state index in [4.69, 9.17) is 11.5 Å². The first-order valence-electron chi connectivity index (χ1n) is 12.3. The van der Waals surface area contributed by atoms with E-state index in [-0.39, 0.29) is 12.8 Å². The van der Waals surface area contributed by atoms with Crippen molar-refractivity contribution >= 4 is 40.5 Å². The zero-order chi connectivity index (χ0) is 28.5. The molecule has 0 fully saturated rings. The average Bonchev–Trinajstić information content (AvgIpc) is 3.30. The van der Waals surface area contributed by atoms with E-state index in [1.165, 1.54) is 6.92 Å². The van der Waals surface area contributed by atoms with Crippen molar-refractivity contribution in [2.24, 2.45) is 11.5 Å². The monoisotopic (exact) mass is 536 g/mol. The Labute approximate surface area is 224 Å². The Kier molecular flexibility index (Phi) is 9.76. The third kappa shape index (κ3) is 8.14. The van der Waals surface area contributed by atoms with Crippen LogP contribution in [0.2, 0.25) is 0 Å². The van der Waals surface area contributed by atoms with Crippen molar-refractivity contribution in [3.63, 3.8) is 0 Å². The van der Waals surface area contributed by atoms with Gasteiger partial charge in [-0.05, 0) is 24.1 Å². The number of benzene rings is 2. The van der Waals surface area contributed by atoms with Gasteiger partial charge >= 0.3 is 5.97 Å². The lowest BCUT2D eigenvalue weighted by Crippen LogP contribution is -2.58. The van der Waals surface area contributed by atoms with Crippen molar-refractivity contribution in [1.82, 2.24) is 20.9 Å². The Morgan fingerprint density at radius 1 is 0.821 bits per heavy atom. The van der Waals surface area contributed by atoms with Gasteiger partial charge in [-0.15, -0.1) is 0 Å². The predicted octanol–water partition coefficient (Wildman–Crippen LogP) is -0.285. The second-order valence-electron chi connectivity index (χ2n) is 9.23. The summed E-state index contributed by atoms with van der Waals surface area (Å²) in [4.78, 5) is 65.3. The van der Waals surface area contributed by atoms with E-state index < -0.39 is 60.2 Å². The second-order valence-corrected chi connectivity index (χ2v) is 9.23. The van der Waals surface area contributed by atoms with Gasteiger partial charge in [-0.2, -0.15) is 0 Å². The lowest BCUT2D eigenvalue weighted by Gasteiger charge is -2.24. The van der Waals surface area contributed by atoms with Crippen LogP contribution >= 0.6 is 0 Å². The third-order valence-corrected chi connectivity index (χ3v) is 6.08. The van der Waals surface area contributed by atoms with E-state index in [9.17, 15) is 29.1 Å². The predicted molar refractivity (Wildman–Crippen MR) is 143 cm³/mol. The van der Waals surface area contributed by atoms with Gasteiger partial charge in [-0.25, -0.2) is 4.79 Å². The summed E-state index contributed by atoms with van der Waals surface area (Å²) < 4.78 is 0. The summed E-state index contributed by atoms with van der Waals surface area (Å²) in [5.41, 5.74) is 13.0. The number of carbonyl (C=O) groups excluding carboxylic acids is 4. The summed E-state index contributed by atoms with van der Waals surface area (Å²) in [5.74, 6) is -4.40. The maximum atomic E-state index is 13.4. The Morgan fingerprint density at radius 3 is 2.05 bits per heavy atom. The molecule has 0 bridgehead atoms. The normalized spacial score (nSPS) is 14.0. The van der Waals surface area contributed by atoms with Crippen LogP contribution in [0.4, 0.5) is 0 Å². The maximum absolute atomic E-state index is 13.4. The fourth-order valence-corrected chi connectivity index (χ4v) is 4.04. The SMILES string of the molecule is CC(N)C(=O)NC(CC(N)=O)C(=O)NC(Cc1ccccc1)C(=O)NC(Cc1c[nH]c2ccccc12)C(=O)O. The van der Waals surface area contributed by atoms with Gasteiger partial charge < -0.3 is 37.5 Å². The Hall–Kier alpha value is -4.71. The molecule has 12 heteroatoms. The van der Waals surface area contributed by atoms with Gasteiger partial charge in [-0.3, -0.25) is 19.2 Å². The largest absolute Gasteiger partial charge is 0.480 e. The number of aliphatic carboxylic acids is 1. The fourth-order valence-electron chi connectivity index (χ4n) is 4.04. The molecule has 0 aliphatic rings. The molecule has 0 aliphatic carbocycles.